The van der Waals surface area contributed by atoms with Crippen molar-refractivity contribution in [1.29, 1.82) is 0 Å². The maximum atomic E-state index is 6.00. The van der Waals surface area contributed by atoms with Crippen molar-refractivity contribution < 1.29 is 0 Å². The predicted molar refractivity (Wildman–Crippen MR) is 82.8 cm³/mol. The van der Waals surface area contributed by atoms with E-state index < -0.39 is 0 Å². The van der Waals surface area contributed by atoms with Crippen LogP contribution in [-0.2, 0) is 6.42 Å². The van der Waals surface area contributed by atoms with Crippen LogP contribution in [0.2, 0.25) is 0 Å². The first kappa shape index (κ1) is 13.6. The van der Waals surface area contributed by atoms with Crippen molar-refractivity contribution in [2.45, 2.75) is 25.3 Å². The van der Waals surface area contributed by atoms with Crippen LogP contribution >= 0.6 is 15.9 Å². The van der Waals surface area contributed by atoms with Crippen LogP contribution in [0.25, 0.3) is 0 Å². The van der Waals surface area contributed by atoms with Gasteiger partial charge >= 0.3 is 0 Å². The van der Waals surface area contributed by atoms with Crippen LogP contribution in [0.5, 0.6) is 0 Å². The Morgan fingerprint density at radius 2 is 2.35 bits per heavy atom. The Hall–Kier alpha value is -1.40. The molecule has 0 saturated carbocycles. The molecule has 0 radical (unpaired) electrons. The van der Waals surface area contributed by atoms with E-state index in [9.17, 15) is 0 Å². The fourth-order valence-corrected chi connectivity index (χ4v) is 2.98. The number of aromatic nitrogens is 3. The third-order valence-corrected chi connectivity index (χ3v) is 4.01. The lowest BCUT2D eigenvalue weighted by Gasteiger charge is -2.29. The number of piperidine rings is 1. The zero-order valence-corrected chi connectivity index (χ0v) is 12.8. The summed E-state index contributed by atoms with van der Waals surface area (Å²) < 4.78 is 1.08. The van der Waals surface area contributed by atoms with E-state index in [-0.39, 0.29) is 6.04 Å². The fraction of sp³-hybridized carbons (Fsp3) is 0.429. The normalized spacial score (nSPS) is 19.3. The van der Waals surface area contributed by atoms with Gasteiger partial charge in [-0.3, -0.25) is 5.10 Å². The largest absolute Gasteiger partial charge is 0.338 e. The first-order chi connectivity index (χ1) is 9.70. The molecule has 0 amide bonds. The summed E-state index contributed by atoms with van der Waals surface area (Å²) in [5.41, 5.74) is 7.20. The average Bonchev–Trinajstić information content (AvgIpc) is 2.87. The van der Waals surface area contributed by atoms with Gasteiger partial charge < -0.3 is 10.6 Å². The average molecular weight is 336 g/mol. The minimum Gasteiger partial charge on any atom is -0.338 e. The van der Waals surface area contributed by atoms with Crippen molar-refractivity contribution in [2.24, 2.45) is 5.73 Å². The molecule has 3 N–H and O–H groups in total. The summed E-state index contributed by atoms with van der Waals surface area (Å²) in [5, 5.41) is 7.34. The molecule has 0 bridgehead atoms. The molecule has 1 aliphatic rings. The van der Waals surface area contributed by atoms with Crippen molar-refractivity contribution in [3.63, 3.8) is 0 Å². The molecule has 106 valence electrons. The molecule has 5 nitrogen and oxygen atoms in total. The van der Waals surface area contributed by atoms with E-state index in [1.165, 1.54) is 5.56 Å². The lowest BCUT2D eigenvalue weighted by molar-refractivity contribution is 0.500. The van der Waals surface area contributed by atoms with E-state index in [4.69, 9.17) is 5.73 Å². The van der Waals surface area contributed by atoms with Gasteiger partial charge in [-0.1, -0.05) is 28.1 Å². The number of nitrogens with zero attached hydrogens (tertiary/aromatic N) is 3. The Bertz CT molecular complexity index is 582. The maximum Gasteiger partial charge on any atom is 0.244 e. The van der Waals surface area contributed by atoms with Crippen LogP contribution in [-0.4, -0.2) is 34.3 Å². The number of hydrogen-bond acceptors (Lipinski definition) is 4. The number of rotatable bonds is 3. The van der Waals surface area contributed by atoms with E-state index in [1.54, 1.807) is 0 Å². The van der Waals surface area contributed by atoms with Gasteiger partial charge in [0, 0.05) is 30.0 Å². The Kier molecular flexibility index (Phi) is 4.03. The van der Waals surface area contributed by atoms with E-state index in [0.717, 1.165) is 48.6 Å². The van der Waals surface area contributed by atoms with Gasteiger partial charge in [0.2, 0.25) is 5.95 Å². The monoisotopic (exact) mass is 335 g/mol. The van der Waals surface area contributed by atoms with Crippen LogP contribution in [0, 0.1) is 0 Å². The lowest BCUT2D eigenvalue weighted by Crippen LogP contribution is -2.43. The molecular formula is C14H18BrN5. The Morgan fingerprint density at radius 1 is 1.45 bits per heavy atom. The van der Waals surface area contributed by atoms with Crippen LogP contribution in [0.15, 0.2) is 28.7 Å². The lowest BCUT2D eigenvalue weighted by atomic mass is 10.1. The third kappa shape index (κ3) is 3.19. The van der Waals surface area contributed by atoms with Crippen LogP contribution in [0.4, 0.5) is 5.95 Å². The first-order valence-corrected chi connectivity index (χ1v) is 7.66. The highest BCUT2D eigenvalue weighted by Crippen LogP contribution is 2.17. The number of nitrogens with two attached hydrogens (primary N) is 1. The predicted octanol–water partition coefficient (Wildman–Crippen LogP) is 2.09. The smallest absolute Gasteiger partial charge is 0.244 e. The summed E-state index contributed by atoms with van der Waals surface area (Å²) >= 11 is 3.48. The molecule has 1 unspecified atom stereocenters. The number of hydrogen-bond donors (Lipinski definition) is 2. The number of benzene rings is 1. The number of halogens is 1. The van der Waals surface area contributed by atoms with E-state index in [1.807, 2.05) is 12.1 Å². The summed E-state index contributed by atoms with van der Waals surface area (Å²) in [5.74, 6) is 1.65. The zero-order chi connectivity index (χ0) is 13.9. The van der Waals surface area contributed by atoms with Crippen molar-refractivity contribution in [3.05, 3.63) is 40.1 Å². The van der Waals surface area contributed by atoms with E-state index in [0.29, 0.717) is 0 Å². The zero-order valence-electron chi connectivity index (χ0n) is 11.2. The maximum absolute atomic E-state index is 6.00. The van der Waals surface area contributed by atoms with Crippen LogP contribution in [0.3, 0.4) is 0 Å². The van der Waals surface area contributed by atoms with Gasteiger partial charge in [0.1, 0.15) is 5.82 Å². The summed E-state index contributed by atoms with van der Waals surface area (Å²) in [6.45, 7) is 1.83. The first-order valence-electron chi connectivity index (χ1n) is 6.87. The molecule has 3 rings (SSSR count). The summed E-state index contributed by atoms with van der Waals surface area (Å²) in [4.78, 5) is 6.74. The Labute approximate surface area is 126 Å². The van der Waals surface area contributed by atoms with Gasteiger partial charge in [-0.2, -0.15) is 4.98 Å². The Balaban J connectivity index is 1.70. The molecule has 0 aliphatic carbocycles. The van der Waals surface area contributed by atoms with Gasteiger partial charge in [0.15, 0.2) is 0 Å². The molecule has 1 aliphatic heterocycles. The Morgan fingerprint density at radius 3 is 3.15 bits per heavy atom. The molecule has 1 fully saturated rings. The molecule has 2 heterocycles. The second kappa shape index (κ2) is 5.93. The van der Waals surface area contributed by atoms with Gasteiger partial charge in [0.25, 0.3) is 0 Å². The van der Waals surface area contributed by atoms with Crippen molar-refractivity contribution >= 4 is 21.9 Å². The van der Waals surface area contributed by atoms with Gasteiger partial charge in [-0.05, 0) is 30.5 Å². The third-order valence-electron chi connectivity index (χ3n) is 3.52. The van der Waals surface area contributed by atoms with Crippen molar-refractivity contribution in [3.8, 4) is 0 Å². The number of aromatic amines is 1. The SMILES string of the molecule is NC1CCCN(c2n[nH]c(Cc3cccc(Br)c3)n2)C1. The van der Waals surface area contributed by atoms with Crippen LogP contribution < -0.4 is 10.6 Å². The quantitative estimate of drug-likeness (QED) is 0.900. The second-order valence-corrected chi connectivity index (χ2v) is 6.15. The summed E-state index contributed by atoms with van der Waals surface area (Å²) in [6, 6.07) is 8.46. The summed E-state index contributed by atoms with van der Waals surface area (Å²) in [6.07, 6.45) is 2.95. The van der Waals surface area contributed by atoms with Crippen molar-refractivity contribution in [2.75, 3.05) is 18.0 Å². The minimum atomic E-state index is 0.232. The van der Waals surface area contributed by atoms with Crippen LogP contribution in [0.1, 0.15) is 24.2 Å². The highest BCUT2D eigenvalue weighted by atomic mass is 79.9. The van der Waals surface area contributed by atoms with E-state index in [2.05, 4.69) is 48.1 Å². The molecular weight excluding hydrogens is 318 g/mol. The van der Waals surface area contributed by atoms with E-state index >= 15 is 0 Å². The molecule has 1 saturated heterocycles. The molecule has 1 atom stereocenters. The molecule has 0 spiro atoms. The topological polar surface area (TPSA) is 70.8 Å². The second-order valence-electron chi connectivity index (χ2n) is 5.24. The molecule has 1 aromatic heterocycles. The van der Waals surface area contributed by atoms with Crippen molar-refractivity contribution in [1.82, 2.24) is 15.2 Å². The van der Waals surface area contributed by atoms with Gasteiger partial charge in [0.05, 0.1) is 0 Å². The minimum absolute atomic E-state index is 0.232. The summed E-state index contributed by atoms with van der Waals surface area (Å²) in [7, 11) is 0. The molecule has 2 aromatic rings. The number of H-pyrrole nitrogens is 1. The molecule has 20 heavy (non-hydrogen) atoms. The number of anilines is 1. The fourth-order valence-electron chi connectivity index (χ4n) is 2.54. The van der Waals surface area contributed by atoms with Gasteiger partial charge in [-0.15, -0.1) is 5.10 Å². The highest BCUT2D eigenvalue weighted by molar-refractivity contribution is 9.10. The highest BCUT2D eigenvalue weighted by Gasteiger charge is 2.20. The standard InChI is InChI=1S/C14H18BrN5/c15-11-4-1-3-10(7-11)8-13-17-14(19-18-13)20-6-2-5-12(16)9-20/h1,3-4,7,12H,2,5-6,8-9,16H2,(H,17,18,19). The molecule has 1 aromatic carbocycles. The van der Waals surface area contributed by atoms with Gasteiger partial charge in [-0.25, -0.2) is 0 Å². The number of nitrogens with one attached hydrogen (secondary N) is 1. The molecule has 6 heteroatoms.